The molecule has 0 bridgehead atoms. The molecule has 0 spiro atoms. The SMILES string of the molecule is C=CN(C=C)C(N)(C(C)N)[Si](OCC)(OCC)OCC. The van der Waals surface area contributed by atoms with Gasteiger partial charge in [-0.25, -0.2) is 0 Å². The highest BCUT2D eigenvalue weighted by Crippen LogP contribution is 2.29. The number of nitrogens with zero attached hydrogens (tertiary/aromatic N) is 1. The Balaban J connectivity index is 5.95. The van der Waals surface area contributed by atoms with Gasteiger partial charge in [0, 0.05) is 25.9 Å². The third kappa shape index (κ3) is 3.49. The lowest BCUT2D eigenvalue weighted by atomic mass is 10.2. The molecule has 0 radical (unpaired) electrons. The van der Waals surface area contributed by atoms with Gasteiger partial charge in [-0.15, -0.1) is 0 Å². The first-order valence-electron chi connectivity index (χ1n) is 6.89. The van der Waals surface area contributed by atoms with Gasteiger partial charge in [0.05, 0.1) is 0 Å². The first-order chi connectivity index (χ1) is 9.39. The second-order valence-corrected chi connectivity index (χ2v) is 7.02. The first-order valence-corrected chi connectivity index (χ1v) is 8.62. The molecule has 0 aromatic heterocycles. The molecule has 0 fully saturated rings. The van der Waals surface area contributed by atoms with Gasteiger partial charge in [-0.3, -0.25) is 0 Å². The van der Waals surface area contributed by atoms with E-state index in [1.165, 1.54) is 0 Å². The minimum atomic E-state index is -3.28. The molecule has 20 heavy (non-hydrogen) atoms. The Labute approximate surface area is 123 Å². The number of hydrogen-bond donors (Lipinski definition) is 2. The molecular formula is C13H29N3O3Si. The Bertz CT molecular complexity index is 290. The molecule has 2 atom stereocenters. The van der Waals surface area contributed by atoms with Crippen LogP contribution in [0.4, 0.5) is 0 Å². The van der Waals surface area contributed by atoms with E-state index in [2.05, 4.69) is 13.2 Å². The van der Waals surface area contributed by atoms with Crippen molar-refractivity contribution in [2.45, 2.75) is 39.0 Å². The summed E-state index contributed by atoms with van der Waals surface area (Å²) in [5.74, 6) is 0. The van der Waals surface area contributed by atoms with E-state index >= 15 is 0 Å². The van der Waals surface area contributed by atoms with E-state index in [-0.39, 0.29) is 0 Å². The average molecular weight is 303 g/mol. The maximum atomic E-state index is 6.59. The van der Waals surface area contributed by atoms with Gasteiger partial charge in [0.25, 0.3) is 0 Å². The zero-order valence-corrected chi connectivity index (χ0v) is 14.1. The average Bonchev–Trinajstić information content (AvgIpc) is 2.40. The van der Waals surface area contributed by atoms with Crippen LogP contribution in [-0.4, -0.2) is 44.9 Å². The van der Waals surface area contributed by atoms with Crippen molar-refractivity contribution in [2.75, 3.05) is 19.8 Å². The molecule has 0 saturated heterocycles. The summed E-state index contributed by atoms with van der Waals surface area (Å²) in [6.07, 6.45) is 3.10. The smallest absolute Gasteiger partial charge is 0.372 e. The van der Waals surface area contributed by atoms with E-state index in [0.29, 0.717) is 19.8 Å². The molecule has 0 aliphatic heterocycles. The van der Waals surface area contributed by atoms with Crippen molar-refractivity contribution in [1.82, 2.24) is 4.90 Å². The van der Waals surface area contributed by atoms with Crippen LogP contribution in [-0.2, 0) is 13.3 Å². The molecule has 2 unspecified atom stereocenters. The zero-order chi connectivity index (χ0) is 15.8. The minimum absolute atomic E-state index is 0.417. The standard InChI is InChI=1S/C13H29N3O3Si/c1-7-16(8-2)13(15,12(6)14)20(17-9-3,18-10-4)19-11-5/h7-8,12H,1-2,9-11,14-15H2,3-6H3. The molecular weight excluding hydrogens is 274 g/mol. The Morgan fingerprint density at radius 1 is 1.10 bits per heavy atom. The summed E-state index contributed by atoms with van der Waals surface area (Å²) in [6.45, 7) is 16.1. The Kier molecular flexibility index (Phi) is 8.25. The fourth-order valence-electron chi connectivity index (χ4n) is 2.09. The number of rotatable bonds is 11. The van der Waals surface area contributed by atoms with Gasteiger partial charge in [-0.05, 0) is 40.1 Å². The first kappa shape index (κ1) is 19.3. The van der Waals surface area contributed by atoms with Crippen LogP contribution in [0.15, 0.2) is 25.6 Å². The second kappa shape index (κ2) is 8.55. The molecule has 7 heteroatoms. The highest BCUT2D eigenvalue weighted by atomic mass is 28.4. The van der Waals surface area contributed by atoms with Gasteiger partial charge in [0.15, 0.2) is 5.29 Å². The van der Waals surface area contributed by atoms with Gasteiger partial charge in [0.1, 0.15) is 0 Å². The van der Waals surface area contributed by atoms with Gasteiger partial charge in [-0.2, -0.15) is 0 Å². The normalized spacial score (nSPS) is 16.3. The third-order valence-corrected chi connectivity index (χ3v) is 6.71. The molecule has 0 saturated carbocycles. The lowest BCUT2D eigenvalue weighted by Gasteiger charge is -2.49. The zero-order valence-electron chi connectivity index (χ0n) is 13.1. The summed E-state index contributed by atoms with van der Waals surface area (Å²) in [6, 6.07) is -0.477. The Morgan fingerprint density at radius 3 is 1.65 bits per heavy atom. The van der Waals surface area contributed by atoms with Gasteiger partial charge in [-0.1, -0.05) is 13.2 Å². The van der Waals surface area contributed by atoms with Crippen molar-refractivity contribution in [2.24, 2.45) is 11.5 Å². The van der Waals surface area contributed by atoms with Crippen LogP contribution in [0.25, 0.3) is 0 Å². The van der Waals surface area contributed by atoms with Crippen molar-refractivity contribution in [3.05, 3.63) is 25.6 Å². The van der Waals surface area contributed by atoms with Crippen LogP contribution < -0.4 is 11.5 Å². The van der Waals surface area contributed by atoms with Crippen molar-refractivity contribution in [3.63, 3.8) is 0 Å². The van der Waals surface area contributed by atoms with E-state index in [9.17, 15) is 0 Å². The molecule has 0 heterocycles. The maximum absolute atomic E-state index is 6.59. The molecule has 4 N–H and O–H groups in total. The van der Waals surface area contributed by atoms with Crippen molar-refractivity contribution >= 4 is 8.80 Å². The van der Waals surface area contributed by atoms with Crippen LogP contribution >= 0.6 is 0 Å². The lowest BCUT2D eigenvalue weighted by molar-refractivity contribution is 0.0149. The molecule has 118 valence electrons. The van der Waals surface area contributed by atoms with E-state index in [4.69, 9.17) is 24.7 Å². The highest BCUT2D eigenvalue weighted by molar-refractivity contribution is 6.64. The Hall–Kier alpha value is -0.703. The molecule has 0 amide bonds. The lowest BCUT2D eigenvalue weighted by Crippen LogP contribution is -2.81. The predicted octanol–water partition coefficient (Wildman–Crippen LogP) is 1.17. The van der Waals surface area contributed by atoms with Crippen LogP contribution in [0.5, 0.6) is 0 Å². The third-order valence-electron chi connectivity index (χ3n) is 3.01. The topological polar surface area (TPSA) is 83.0 Å². The summed E-state index contributed by atoms with van der Waals surface area (Å²) in [7, 11) is -3.28. The molecule has 0 aliphatic rings. The molecule has 0 aromatic carbocycles. The predicted molar refractivity (Wildman–Crippen MR) is 83.4 cm³/mol. The quantitative estimate of drug-likeness (QED) is 0.440. The monoisotopic (exact) mass is 303 g/mol. The van der Waals surface area contributed by atoms with Gasteiger partial charge < -0.3 is 29.6 Å². The summed E-state index contributed by atoms with van der Waals surface area (Å²) in [5.41, 5.74) is 12.7. The fraction of sp³-hybridized carbons (Fsp3) is 0.692. The largest absolute Gasteiger partial charge is 0.545 e. The fourth-order valence-corrected chi connectivity index (χ4v) is 5.23. The Morgan fingerprint density at radius 2 is 1.45 bits per heavy atom. The van der Waals surface area contributed by atoms with E-state index in [1.54, 1.807) is 24.2 Å². The van der Waals surface area contributed by atoms with E-state index in [0.717, 1.165) is 0 Å². The number of nitrogens with two attached hydrogens (primary N) is 2. The van der Waals surface area contributed by atoms with Crippen molar-refractivity contribution in [1.29, 1.82) is 0 Å². The molecule has 6 nitrogen and oxygen atoms in total. The molecule has 0 rings (SSSR count). The van der Waals surface area contributed by atoms with E-state index in [1.807, 2.05) is 20.8 Å². The molecule has 0 aromatic rings. The summed E-state index contributed by atoms with van der Waals surface area (Å²) < 4.78 is 17.6. The summed E-state index contributed by atoms with van der Waals surface area (Å²) in [4.78, 5) is 1.62. The highest BCUT2D eigenvalue weighted by Gasteiger charge is 2.63. The molecule has 0 aliphatic carbocycles. The van der Waals surface area contributed by atoms with Crippen LogP contribution in [0.1, 0.15) is 27.7 Å². The van der Waals surface area contributed by atoms with E-state index < -0.39 is 20.1 Å². The van der Waals surface area contributed by atoms with Gasteiger partial charge in [0.2, 0.25) is 0 Å². The van der Waals surface area contributed by atoms with Crippen molar-refractivity contribution in [3.8, 4) is 0 Å². The van der Waals surface area contributed by atoms with Crippen LogP contribution in [0.3, 0.4) is 0 Å². The van der Waals surface area contributed by atoms with Gasteiger partial charge >= 0.3 is 8.80 Å². The minimum Gasteiger partial charge on any atom is -0.372 e. The second-order valence-electron chi connectivity index (χ2n) is 4.24. The van der Waals surface area contributed by atoms with Crippen molar-refractivity contribution < 1.29 is 13.3 Å². The summed E-state index contributed by atoms with van der Waals surface area (Å²) in [5, 5.41) is -1.17. The van der Waals surface area contributed by atoms with Crippen LogP contribution in [0.2, 0.25) is 0 Å². The maximum Gasteiger partial charge on any atom is 0.545 e. The number of hydrogen-bond acceptors (Lipinski definition) is 6. The summed E-state index contributed by atoms with van der Waals surface area (Å²) >= 11 is 0. The van der Waals surface area contributed by atoms with Crippen LogP contribution in [0, 0.1) is 0 Å².